The lowest BCUT2D eigenvalue weighted by molar-refractivity contribution is -0.117. The summed E-state index contributed by atoms with van der Waals surface area (Å²) >= 11 is 1.18. The largest absolute Gasteiger partial charge is 0.462 e. The van der Waals surface area contributed by atoms with Gasteiger partial charge in [-0.2, -0.15) is 4.99 Å². The molecule has 2 aromatic rings. The van der Waals surface area contributed by atoms with Gasteiger partial charge in [-0.3, -0.25) is 4.79 Å². The molecule has 0 spiro atoms. The molecule has 0 aliphatic rings. The topological polar surface area (TPSA) is 60.7 Å². The van der Waals surface area contributed by atoms with E-state index >= 15 is 0 Å². The van der Waals surface area contributed by atoms with Crippen LogP contribution in [-0.2, 0) is 23.0 Å². The number of benzene rings is 1. The molecule has 23 heavy (non-hydrogen) atoms. The third-order valence-electron chi connectivity index (χ3n) is 3.47. The molecule has 1 amide bonds. The van der Waals surface area contributed by atoms with Crippen LogP contribution in [0.4, 0.5) is 0 Å². The van der Waals surface area contributed by atoms with Crippen LogP contribution in [0.1, 0.15) is 33.4 Å². The summed E-state index contributed by atoms with van der Waals surface area (Å²) in [5.41, 5.74) is 2.82. The number of carbonyl (C=O) groups is 2. The highest BCUT2D eigenvalue weighted by molar-refractivity contribution is 7.11. The van der Waals surface area contributed by atoms with Crippen molar-refractivity contribution in [3.05, 3.63) is 50.8 Å². The fourth-order valence-electron chi connectivity index (χ4n) is 2.04. The third-order valence-corrected chi connectivity index (χ3v) is 4.68. The molecule has 0 aliphatic heterocycles. The van der Waals surface area contributed by atoms with Gasteiger partial charge in [0.15, 0.2) is 4.80 Å². The molecule has 0 atom stereocenters. The van der Waals surface area contributed by atoms with Crippen molar-refractivity contribution in [2.24, 2.45) is 12.0 Å². The van der Waals surface area contributed by atoms with Crippen molar-refractivity contribution in [3.63, 3.8) is 0 Å². The van der Waals surface area contributed by atoms with Crippen LogP contribution in [0.15, 0.2) is 29.3 Å². The van der Waals surface area contributed by atoms with E-state index in [1.54, 1.807) is 18.5 Å². The van der Waals surface area contributed by atoms with E-state index < -0.39 is 0 Å². The van der Waals surface area contributed by atoms with Gasteiger partial charge in [0, 0.05) is 12.7 Å². The van der Waals surface area contributed by atoms with Crippen LogP contribution in [-0.4, -0.2) is 23.1 Å². The molecule has 0 unspecified atom stereocenters. The van der Waals surface area contributed by atoms with Gasteiger partial charge in [-0.25, -0.2) is 4.79 Å². The first-order chi connectivity index (χ1) is 10.9. The van der Waals surface area contributed by atoms with E-state index in [1.165, 1.54) is 11.3 Å². The van der Waals surface area contributed by atoms with Crippen molar-refractivity contribution in [1.82, 2.24) is 4.57 Å². The number of thiazole rings is 1. The molecule has 1 heterocycles. The smallest absolute Gasteiger partial charge is 0.350 e. The fraction of sp³-hybridized carbons (Fsp3) is 0.353. The Hall–Kier alpha value is -2.21. The number of amides is 1. The molecule has 6 heteroatoms. The Balaban J connectivity index is 2.25. The summed E-state index contributed by atoms with van der Waals surface area (Å²) in [5, 5.41) is 0. The van der Waals surface area contributed by atoms with Crippen LogP contribution in [0.3, 0.4) is 0 Å². The quantitative estimate of drug-likeness (QED) is 0.809. The lowest BCUT2D eigenvalue weighted by Crippen LogP contribution is -2.15. The molecule has 0 N–H and O–H groups in total. The minimum absolute atomic E-state index is 0.235. The summed E-state index contributed by atoms with van der Waals surface area (Å²) in [7, 11) is 1.78. The zero-order chi connectivity index (χ0) is 17.0. The van der Waals surface area contributed by atoms with Crippen LogP contribution in [0, 0.1) is 13.8 Å². The number of nitrogens with zero attached hydrogens (tertiary/aromatic N) is 2. The van der Waals surface area contributed by atoms with E-state index in [2.05, 4.69) is 4.99 Å². The van der Waals surface area contributed by atoms with Gasteiger partial charge < -0.3 is 9.30 Å². The third kappa shape index (κ3) is 4.16. The molecule has 122 valence electrons. The predicted molar refractivity (Wildman–Crippen MR) is 89.4 cm³/mol. The van der Waals surface area contributed by atoms with Crippen LogP contribution < -0.4 is 4.80 Å². The maximum absolute atomic E-state index is 12.1. The van der Waals surface area contributed by atoms with Crippen LogP contribution in [0.25, 0.3) is 0 Å². The number of rotatable bonds is 4. The average Bonchev–Trinajstić information content (AvgIpc) is 2.78. The number of aryl methyl sites for hydroxylation is 1. The second-order valence-corrected chi connectivity index (χ2v) is 6.22. The van der Waals surface area contributed by atoms with Crippen molar-refractivity contribution in [1.29, 1.82) is 0 Å². The minimum Gasteiger partial charge on any atom is -0.462 e. The van der Waals surface area contributed by atoms with Crippen molar-refractivity contribution >= 4 is 23.2 Å². The van der Waals surface area contributed by atoms with Gasteiger partial charge >= 0.3 is 5.97 Å². The Morgan fingerprint density at radius 3 is 2.48 bits per heavy atom. The monoisotopic (exact) mass is 332 g/mol. The van der Waals surface area contributed by atoms with E-state index in [-0.39, 0.29) is 18.3 Å². The highest BCUT2D eigenvalue weighted by Gasteiger charge is 2.16. The van der Waals surface area contributed by atoms with Gasteiger partial charge in [-0.15, -0.1) is 0 Å². The first kappa shape index (κ1) is 17.1. The Kier molecular flexibility index (Phi) is 5.50. The van der Waals surface area contributed by atoms with Gasteiger partial charge in [0.2, 0.25) is 0 Å². The molecule has 0 aliphatic carbocycles. The first-order valence-corrected chi connectivity index (χ1v) is 8.20. The second kappa shape index (κ2) is 7.37. The van der Waals surface area contributed by atoms with E-state index in [4.69, 9.17) is 4.74 Å². The zero-order valence-corrected chi connectivity index (χ0v) is 14.6. The molecule has 5 nitrogen and oxygen atoms in total. The van der Waals surface area contributed by atoms with Crippen LogP contribution in [0.5, 0.6) is 0 Å². The Bertz CT molecular complexity index is 785. The maximum Gasteiger partial charge on any atom is 0.350 e. The van der Waals surface area contributed by atoms with Crippen molar-refractivity contribution in [3.8, 4) is 0 Å². The van der Waals surface area contributed by atoms with Crippen molar-refractivity contribution in [2.45, 2.75) is 27.2 Å². The average molecular weight is 332 g/mol. The summed E-state index contributed by atoms with van der Waals surface area (Å²) in [6.07, 6.45) is 0.242. The molecule has 0 bridgehead atoms. The lowest BCUT2D eigenvalue weighted by atomic mass is 10.1. The van der Waals surface area contributed by atoms with E-state index in [9.17, 15) is 9.59 Å². The summed E-state index contributed by atoms with van der Waals surface area (Å²) in [4.78, 5) is 29.2. The predicted octanol–water partition coefficient (Wildman–Crippen LogP) is 2.55. The van der Waals surface area contributed by atoms with Gasteiger partial charge in [0.25, 0.3) is 5.91 Å². The van der Waals surface area contributed by atoms with Crippen LogP contribution >= 0.6 is 11.3 Å². The summed E-state index contributed by atoms with van der Waals surface area (Å²) in [5.74, 6) is -0.612. The Labute approximate surface area is 139 Å². The summed E-state index contributed by atoms with van der Waals surface area (Å²) < 4.78 is 6.76. The Morgan fingerprint density at radius 2 is 1.87 bits per heavy atom. The molecule has 2 rings (SSSR count). The molecular weight excluding hydrogens is 312 g/mol. The Morgan fingerprint density at radius 1 is 1.22 bits per heavy atom. The highest BCUT2D eigenvalue weighted by Crippen LogP contribution is 2.12. The number of esters is 1. The molecular formula is C17H20N2O3S. The van der Waals surface area contributed by atoms with Crippen LogP contribution in [0.2, 0.25) is 0 Å². The highest BCUT2D eigenvalue weighted by atomic mass is 32.1. The number of aromatic nitrogens is 1. The zero-order valence-electron chi connectivity index (χ0n) is 13.8. The standard InChI is InChI=1S/C17H20N2O3S/c1-5-22-16(21)15-12(3)19(4)17(23-15)18-14(20)10-13-8-6-11(2)7-9-13/h6-9H,5,10H2,1-4H3. The second-order valence-electron chi connectivity index (χ2n) is 5.25. The molecule has 1 aromatic heterocycles. The number of ether oxygens (including phenoxy) is 1. The number of hydrogen-bond acceptors (Lipinski definition) is 4. The fourth-order valence-corrected chi connectivity index (χ4v) is 3.07. The molecule has 0 fully saturated rings. The molecule has 0 radical (unpaired) electrons. The first-order valence-electron chi connectivity index (χ1n) is 7.39. The lowest BCUT2D eigenvalue weighted by Gasteiger charge is -2.00. The SMILES string of the molecule is CCOC(=O)c1sc(=NC(=O)Cc2ccc(C)cc2)n(C)c1C. The van der Waals surface area contributed by atoms with Crippen molar-refractivity contribution in [2.75, 3.05) is 6.61 Å². The number of hydrogen-bond donors (Lipinski definition) is 0. The van der Waals surface area contributed by atoms with Crippen molar-refractivity contribution < 1.29 is 14.3 Å². The van der Waals surface area contributed by atoms with Gasteiger partial charge in [-0.1, -0.05) is 41.2 Å². The molecule has 0 saturated carbocycles. The molecule has 1 aromatic carbocycles. The number of carbonyl (C=O) groups excluding carboxylic acids is 2. The minimum atomic E-state index is -0.377. The van der Waals surface area contributed by atoms with Gasteiger partial charge in [0.05, 0.1) is 13.0 Å². The van der Waals surface area contributed by atoms with E-state index in [0.717, 1.165) is 16.8 Å². The van der Waals surface area contributed by atoms with Gasteiger partial charge in [0.1, 0.15) is 4.88 Å². The maximum atomic E-state index is 12.1. The summed E-state index contributed by atoms with van der Waals surface area (Å²) in [6.45, 7) is 5.89. The normalized spacial score (nSPS) is 11.6. The van der Waals surface area contributed by atoms with E-state index in [0.29, 0.717) is 16.3 Å². The molecule has 0 saturated heterocycles. The van der Waals surface area contributed by atoms with Gasteiger partial charge in [-0.05, 0) is 26.3 Å². The summed E-state index contributed by atoms with van der Waals surface area (Å²) in [6, 6.07) is 7.78. The van der Waals surface area contributed by atoms with E-state index in [1.807, 2.05) is 38.1 Å².